The quantitative estimate of drug-likeness (QED) is 0.747. The number of aromatic amines is 1. The minimum absolute atomic E-state index is 0.0700. The molecule has 0 atom stereocenters. The molecule has 0 radical (unpaired) electrons. The second kappa shape index (κ2) is 7.27. The monoisotopic (exact) mass is 388 g/mol. The third-order valence-corrected chi connectivity index (χ3v) is 4.91. The van der Waals surface area contributed by atoms with Crippen LogP contribution in [0.25, 0.3) is 11.0 Å². The number of carbonyl (C=O) groups is 1. The predicted molar refractivity (Wildman–Crippen MR) is 98.7 cm³/mol. The number of para-hydroxylation sites is 2. The number of carbonyl (C=O) groups excluding carboxylic acids is 1. The van der Waals surface area contributed by atoms with Crippen LogP contribution < -0.4 is 0 Å². The second-order valence-electron chi connectivity index (χ2n) is 6.85. The average molecular weight is 388 g/mol. The van der Waals surface area contributed by atoms with Crippen molar-refractivity contribution >= 4 is 16.9 Å². The number of benzene rings is 2. The molecule has 0 unspecified atom stereocenters. The van der Waals surface area contributed by atoms with Crippen molar-refractivity contribution in [2.45, 2.75) is 12.7 Å². The Morgan fingerprint density at radius 3 is 2.50 bits per heavy atom. The first kappa shape index (κ1) is 18.5. The molecule has 1 aromatic heterocycles. The van der Waals surface area contributed by atoms with Crippen LogP contribution in [0.4, 0.5) is 13.2 Å². The van der Waals surface area contributed by atoms with Gasteiger partial charge in [-0.3, -0.25) is 9.69 Å². The third kappa shape index (κ3) is 3.87. The van der Waals surface area contributed by atoms with Gasteiger partial charge in [0.25, 0.3) is 5.91 Å². The third-order valence-electron chi connectivity index (χ3n) is 4.91. The number of nitrogens with one attached hydrogen (secondary N) is 1. The summed E-state index contributed by atoms with van der Waals surface area (Å²) in [5.74, 6) is 0.494. The van der Waals surface area contributed by atoms with E-state index in [9.17, 15) is 18.0 Å². The van der Waals surface area contributed by atoms with Crippen molar-refractivity contribution in [1.82, 2.24) is 19.8 Å². The van der Waals surface area contributed by atoms with Crippen molar-refractivity contribution < 1.29 is 18.0 Å². The summed E-state index contributed by atoms with van der Waals surface area (Å²) in [7, 11) is 0. The Labute approximate surface area is 159 Å². The van der Waals surface area contributed by atoms with Crippen LogP contribution in [0.15, 0.2) is 48.5 Å². The Bertz CT molecular complexity index is 957. The van der Waals surface area contributed by atoms with Crippen molar-refractivity contribution in [2.24, 2.45) is 0 Å². The Balaban J connectivity index is 1.38. The lowest BCUT2D eigenvalue weighted by molar-refractivity contribution is -0.137. The van der Waals surface area contributed by atoms with E-state index in [2.05, 4.69) is 14.9 Å². The standard InChI is InChI=1S/C20H19F3N4O/c21-20(22,23)15-5-3-4-14(12-15)19(28)27-10-8-26(9-11-27)13-18-24-16-6-1-2-7-17(16)25-18/h1-7,12H,8-11,13H2,(H,24,25). The van der Waals surface area contributed by atoms with Gasteiger partial charge in [-0.05, 0) is 30.3 Å². The van der Waals surface area contributed by atoms with Crippen molar-refractivity contribution in [3.8, 4) is 0 Å². The number of amides is 1. The number of imidazole rings is 1. The van der Waals surface area contributed by atoms with Gasteiger partial charge in [0.05, 0.1) is 23.1 Å². The molecule has 1 saturated heterocycles. The molecule has 1 aliphatic heterocycles. The number of hydrogen-bond acceptors (Lipinski definition) is 3. The lowest BCUT2D eigenvalue weighted by atomic mass is 10.1. The Morgan fingerprint density at radius 2 is 1.79 bits per heavy atom. The van der Waals surface area contributed by atoms with E-state index >= 15 is 0 Å². The summed E-state index contributed by atoms with van der Waals surface area (Å²) in [6.07, 6.45) is -4.46. The molecule has 1 aliphatic rings. The molecule has 0 aliphatic carbocycles. The molecule has 4 rings (SSSR count). The van der Waals surface area contributed by atoms with E-state index in [1.54, 1.807) is 4.90 Å². The number of rotatable bonds is 3. The minimum Gasteiger partial charge on any atom is -0.341 e. The number of hydrogen-bond donors (Lipinski definition) is 1. The normalized spacial score (nSPS) is 15.9. The molecule has 2 aromatic carbocycles. The van der Waals surface area contributed by atoms with E-state index in [1.165, 1.54) is 12.1 Å². The first-order valence-corrected chi connectivity index (χ1v) is 9.03. The maximum absolute atomic E-state index is 12.9. The fourth-order valence-electron chi connectivity index (χ4n) is 3.41. The van der Waals surface area contributed by atoms with Gasteiger partial charge in [0.2, 0.25) is 0 Å². The van der Waals surface area contributed by atoms with Crippen LogP contribution in [0.5, 0.6) is 0 Å². The van der Waals surface area contributed by atoms with Crippen LogP contribution >= 0.6 is 0 Å². The number of fused-ring (bicyclic) bond motifs is 1. The van der Waals surface area contributed by atoms with E-state index in [0.29, 0.717) is 32.7 Å². The number of alkyl halides is 3. The van der Waals surface area contributed by atoms with Crippen LogP contribution in [0.1, 0.15) is 21.7 Å². The summed E-state index contributed by atoms with van der Waals surface area (Å²) in [4.78, 5) is 24.2. The highest BCUT2D eigenvalue weighted by Crippen LogP contribution is 2.29. The molecule has 5 nitrogen and oxygen atoms in total. The SMILES string of the molecule is O=C(c1cccc(C(F)(F)F)c1)N1CCN(Cc2nc3ccccc3[nH]2)CC1. The smallest absolute Gasteiger partial charge is 0.341 e. The Hall–Kier alpha value is -2.87. The molecule has 28 heavy (non-hydrogen) atoms. The van der Waals surface area contributed by atoms with Gasteiger partial charge in [-0.15, -0.1) is 0 Å². The molecule has 0 spiro atoms. The molecule has 8 heteroatoms. The number of H-pyrrole nitrogens is 1. The van der Waals surface area contributed by atoms with Crippen LogP contribution in [-0.4, -0.2) is 51.9 Å². The molecule has 3 aromatic rings. The van der Waals surface area contributed by atoms with Gasteiger partial charge in [0.1, 0.15) is 5.82 Å². The summed E-state index contributed by atoms with van der Waals surface area (Å²) >= 11 is 0. The maximum atomic E-state index is 12.9. The number of halogens is 3. The van der Waals surface area contributed by atoms with E-state index in [4.69, 9.17) is 0 Å². The van der Waals surface area contributed by atoms with Crippen molar-refractivity contribution in [2.75, 3.05) is 26.2 Å². The summed E-state index contributed by atoms with van der Waals surface area (Å²) < 4.78 is 38.6. The molecule has 0 bridgehead atoms. The zero-order valence-corrected chi connectivity index (χ0v) is 15.0. The summed E-state index contributed by atoms with van der Waals surface area (Å²) in [5, 5.41) is 0. The van der Waals surface area contributed by atoms with Gasteiger partial charge in [0.15, 0.2) is 0 Å². The van der Waals surface area contributed by atoms with E-state index < -0.39 is 11.7 Å². The average Bonchev–Trinajstić information content (AvgIpc) is 3.10. The fraction of sp³-hybridized carbons (Fsp3) is 0.300. The second-order valence-corrected chi connectivity index (χ2v) is 6.85. The van der Waals surface area contributed by atoms with Crippen molar-refractivity contribution in [1.29, 1.82) is 0 Å². The number of piperazine rings is 1. The van der Waals surface area contributed by atoms with Crippen LogP contribution in [0, 0.1) is 0 Å². The zero-order valence-electron chi connectivity index (χ0n) is 15.0. The maximum Gasteiger partial charge on any atom is 0.416 e. The molecule has 1 amide bonds. The zero-order chi connectivity index (χ0) is 19.7. The van der Waals surface area contributed by atoms with E-state index in [1.807, 2.05) is 24.3 Å². The molecule has 0 saturated carbocycles. The van der Waals surface area contributed by atoms with Crippen LogP contribution in [0.3, 0.4) is 0 Å². The predicted octanol–water partition coefficient (Wildman–Crippen LogP) is 3.54. The number of aromatic nitrogens is 2. The molecule has 2 heterocycles. The van der Waals surface area contributed by atoms with Crippen LogP contribution in [0.2, 0.25) is 0 Å². The van der Waals surface area contributed by atoms with Gasteiger partial charge in [-0.2, -0.15) is 13.2 Å². The van der Waals surface area contributed by atoms with Gasteiger partial charge < -0.3 is 9.88 Å². The first-order chi connectivity index (χ1) is 13.4. The minimum atomic E-state index is -4.46. The Morgan fingerprint density at radius 1 is 1.04 bits per heavy atom. The largest absolute Gasteiger partial charge is 0.416 e. The fourth-order valence-corrected chi connectivity index (χ4v) is 3.41. The van der Waals surface area contributed by atoms with Gasteiger partial charge in [-0.1, -0.05) is 18.2 Å². The lowest BCUT2D eigenvalue weighted by Gasteiger charge is -2.34. The van der Waals surface area contributed by atoms with E-state index in [-0.39, 0.29) is 11.5 Å². The van der Waals surface area contributed by atoms with Crippen molar-refractivity contribution in [3.05, 3.63) is 65.5 Å². The highest BCUT2D eigenvalue weighted by Gasteiger charge is 2.31. The van der Waals surface area contributed by atoms with Gasteiger partial charge >= 0.3 is 6.18 Å². The summed E-state index contributed by atoms with van der Waals surface area (Å²) in [6.45, 7) is 2.86. The summed E-state index contributed by atoms with van der Waals surface area (Å²) in [6, 6.07) is 12.4. The topological polar surface area (TPSA) is 52.2 Å². The van der Waals surface area contributed by atoms with Crippen LogP contribution in [-0.2, 0) is 12.7 Å². The van der Waals surface area contributed by atoms with E-state index in [0.717, 1.165) is 29.0 Å². The molecule has 1 N–H and O–H groups in total. The number of nitrogens with zero attached hydrogens (tertiary/aromatic N) is 3. The lowest BCUT2D eigenvalue weighted by Crippen LogP contribution is -2.48. The molecular weight excluding hydrogens is 369 g/mol. The highest BCUT2D eigenvalue weighted by molar-refractivity contribution is 5.94. The Kier molecular flexibility index (Phi) is 4.80. The molecule has 146 valence electrons. The summed E-state index contributed by atoms with van der Waals surface area (Å²) in [5.41, 5.74) is 1.16. The first-order valence-electron chi connectivity index (χ1n) is 9.03. The highest BCUT2D eigenvalue weighted by atomic mass is 19.4. The van der Waals surface area contributed by atoms with Gasteiger partial charge in [-0.25, -0.2) is 4.98 Å². The van der Waals surface area contributed by atoms with Gasteiger partial charge in [0, 0.05) is 31.7 Å². The molecule has 1 fully saturated rings. The van der Waals surface area contributed by atoms with Crippen molar-refractivity contribution in [3.63, 3.8) is 0 Å². The molecular formula is C20H19F3N4O.